The second kappa shape index (κ2) is 11.5. The Morgan fingerprint density at radius 1 is 0.659 bits per heavy atom. The van der Waals surface area contributed by atoms with Crippen molar-refractivity contribution in [3.63, 3.8) is 0 Å². The number of benzene rings is 4. The number of nitrogens with one attached hydrogen (secondary N) is 2. The lowest BCUT2D eigenvalue weighted by Crippen LogP contribution is -2.17. The van der Waals surface area contributed by atoms with Crippen LogP contribution < -0.4 is 10.6 Å². The molecule has 2 heterocycles. The molecule has 4 aromatic carbocycles. The van der Waals surface area contributed by atoms with Gasteiger partial charge in [-0.25, -0.2) is 9.97 Å². The smallest absolute Gasteiger partial charge is 0.227 e. The SMILES string of the molecule is Cc1c(-c2nc3cc(CNCCO)ccc3o2)cccc1-c1cccc(-c2nc3cc(NCCO)ccc3o2)c1C. The van der Waals surface area contributed by atoms with Crippen LogP contribution in [0.4, 0.5) is 5.69 Å². The van der Waals surface area contributed by atoms with Gasteiger partial charge in [0, 0.05) is 36.4 Å². The fourth-order valence-electron chi connectivity index (χ4n) is 5.18. The van der Waals surface area contributed by atoms with E-state index in [1.807, 2.05) is 60.7 Å². The van der Waals surface area contributed by atoms with Crippen LogP contribution in [0.5, 0.6) is 0 Å². The number of rotatable bonds is 10. The van der Waals surface area contributed by atoms with Crippen molar-refractivity contribution in [1.82, 2.24) is 15.3 Å². The highest BCUT2D eigenvalue weighted by molar-refractivity contribution is 5.85. The molecule has 0 amide bonds. The zero-order chi connectivity index (χ0) is 28.3. The summed E-state index contributed by atoms with van der Waals surface area (Å²) in [6.07, 6.45) is 0. The monoisotopic (exact) mass is 548 g/mol. The predicted molar refractivity (Wildman–Crippen MR) is 162 cm³/mol. The summed E-state index contributed by atoms with van der Waals surface area (Å²) >= 11 is 0. The fourth-order valence-corrected chi connectivity index (χ4v) is 5.18. The van der Waals surface area contributed by atoms with E-state index in [9.17, 15) is 0 Å². The summed E-state index contributed by atoms with van der Waals surface area (Å²) in [6, 6.07) is 24.1. The Kier molecular flexibility index (Phi) is 7.52. The van der Waals surface area contributed by atoms with Crippen LogP contribution in [0, 0.1) is 13.8 Å². The van der Waals surface area contributed by atoms with Crippen molar-refractivity contribution in [3.8, 4) is 34.0 Å². The zero-order valence-corrected chi connectivity index (χ0v) is 23.1. The molecule has 0 radical (unpaired) electrons. The van der Waals surface area contributed by atoms with E-state index in [4.69, 9.17) is 29.0 Å². The molecule has 6 aromatic rings. The maximum Gasteiger partial charge on any atom is 0.227 e. The Bertz CT molecular complexity index is 1840. The zero-order valence-electron chi connectivity index (χ0n) is 23.1. The van der Waals surface area contributed by atoms with Crippen molar-refractivity contribution in [1.29, 1.82) is 0 Å². The first-order valence-corrected chi connectivity index (χ1v) is 13.7. The molecule has 0 bridgehead atoms. The number of nitrogens with zero attached hydrogens (tertiary/aromatic N) is 2. The number of aliphatic hydroxyl groups is 2. The minimum atomic E-state index is 0.0614. The first kappa shape index (κ1) is 26.7. The summed E-state index contributed by atoms with van der Waals surface area (Å²) in [7, 11) is 0. The van der Waals surface area contributed by atoms with E-state index in [1.165, 1.54) is 0 Å². The summed E-state index contributed by atoms with van der Waals surface area (Å²) in [5.74, 6) is 1.15. The molecular weight excluding hydrogens is 516 g/mol. The third kappa shape index (κ3) is 5.32. The Morgan fingerprint density at radius 2 is 1.22 bits per heavy atom. The van der Waals surface area contributed by atoms with Gasteiger partial charge in [0.05, 0.1) is 13.2 Å². The maximum atomic E-state index is 9.11. The van der Waals surface area contributed by atoms with Gasteiger partial charge in [0.25, 0.3) is 0 Å². The lowest BCUT2D eigenvalue weighted by molar-refractivity contribution is 0.292. The molecule has 6 rings (SSSR count). The van der Waals surface area contributed by atoms with E-state index in [2.05, 4.69) is 36.6 Å². The van der Waals surface area contributed by atoms with Crippen molar-refractivity contribution in [2.24, 2.45) is 0 Å². The molecule has 0 aliphatic heterocycles. The number of hydrogen-bond acceptors (Lipinski definition) is 8. The molecule has 41 heavy (non-hydrogen) atoms. The average molecular weight is 549 g/mol. The first-order chi connectivity index (χ1) is 20.1. The van der Waals surface area contributed by atoms with Crippen LogP contribution in [-0.4, -0.2) is 46.5 Å². The van der Waals surface area contributed by atoms with Crippen LogP contribution in [0.1, 0.15) is 16.7 Å². The van der Waals surface area contributed by atoms with Gasteiger partial charge in [0.2, 0.25) is 11.8 Å². The Hall–Kier alpha value is -4.50. The van der Waals surface area contributed by atoms with E-state index in [1.54, 1.807) is 0 Å². The van der Waals surface area contributed by atoms with Crippen molar-refractivity contribution in [3.05, 3.63) is 89.5 Å². The van der Waals surface area contributed by atoms with E-state index in [0.717, 1.165) is 61.2 Å². The number of aliphatic hydroxyl groups excluding tert-OH is 2. The van der Waals surface area contributed by atoms with Crippen LogP contribution >= 0.6 is 0 Å². The lowest BCUT2D eigenvalue weighted by Gasteiger charge is -2.14. The molecule has 0 saturated heterocycles. The highest BCUT2D eigenvalue weighted by Gasteiger charge is 2.18. The molecule has 0 saturated carbocycles. The molecule has 208 valence electrons. The molecule has 4 N–H and O–H groups in total. The van der Waals surface area contributed by atoms with Gasteiger partial charge in [-0.05, 0) is 84.1 Å². The minimum absolute atomic E-state index is 0.0614. The molecule has 8 nitrogen and oxygen atoms in total. The van der Waals surface area contributed by atoms with E-state index in [-0.39, 0.29) is 13.2 Å². The summed E-state index contributed by atoms with van der Waals surface area (Å²) in [5, 5.41) is 24.5. The summed E-state index contributed by atoms with van der Waals surface area (Å²) < 4.78 is 12.3. The highest BCUT2D eigenvalue weighted by atomic mass is 16.4. The number of fused-ring (bicyclic) bond motifs is 2. The molecule has 0 fully saturated rings. The number of oxazole rings is 2. The van der Waals surface area contributed by atoms with E-state index in [0.29, 0.717) is 37.0 Å². The summed E-state index contributed by atoms with van der Waals surface area (Å²) in [6.45, 7) is 6.03. The molecule has 8 heteroatoms. The predicted octanol–water partition coefficient (Wildman–Crippen LogP) is 6.07. The normalized spacial score (nSPS) is 11.5. The fraction of sp³-hybridized carbons (Fsp3) is 0.212. The lowest BCUT2D eigenvalue weighted by atomic mass is 9.91. The maximum absolute atomic E-state index is 9.11. The van der Waals surface area contributed by atoms with Gasteiger partial charge >= 0.3 is 0 Å². The van der Waals surface area contributed by atoms with Crippen LogP contribution in [0.2, 0.25) is 0 Å². The number of aromatic nitrogens is 2. The van der Waals surface area contributed by atoms with Gasteiger partial charge in [0.15, 0.2) is 11.2 Å². The molecule has 0 spiro atoms. The summed E-state index contributed by atoms with van der Waals surface area (Å²) in [4.78, 5) is 9.60. The largest absolute Gasteiger partial charge is 0.436 e. The minimum Gasteiger partial charge on any atom is -0.436 e. The summed E-state index contributed by atoms with van der Waals surface area (Å²) in [5.41, 5.74) is 11.2. The van der Waals surface area contributed by atoms with Crippen molar-refractivity contribution >= 4 is 27.9 Å². The van der Waals surface area contributed by atoms with Gasteiger partial charge in [-0.15, -0.1) is 0 Å². The Morgan fingerprint density at radius 3 is 1.83 bits per heavy atom. The molecule has 0 aliphatic carbocycles. The number of anilines is 1. The van der Waals surface area contributed by atoms with E-state index >= 15 is 0 Å². The number of hydrogen-bond donors (Lipinski definition) is 4. The van der Waals surface area contributed by atoms with Gasteiger partial charge < -0.3 is 29.7 Å². The highest BCUT2D eigenvalue weighted by Crippen LogP contribution is 2.38. The first-order valence-electron chi connectivity index (χ1n) is 13.7. The molecule has 2 aromatic heterocycles. The van der Waals surface area contributed by atoms with Crippen molar-refractivity contribution in [2.45, 2.75) is 20.4 Å². The van der Waals surface area contributed by atoms with Crippen LogP contribution in [0.25, 0.3) is 56.2 Å². The Balaban J connectivity index is 1.34. The molecule has 0 atom stereocenters. The Labute approximate surface area is 237 Å². The quantitative estimate of drug-likeness (QED) is 0.152. The van der Waals surface area contributed by atoms with Crippen molar-refractivity contribution in [2.75, 3.05) is 31.6 Å². The molecular formula is C33H32N4O4. The third-order valence-corrected chi connectivity index (χ3v) is 7.32. The second-order valence-corrected chi connectivity index (χ2v) is 10.0. The van der Waals surface area contributed by atoms with Gasteiger partial charge in [-0.1, -0.05) is 30.3 Å². The van der Waals surface area contributed by atoms with Crippen LogP contribution in [-0.2, 0) is 6.54 Å². The van der Waals surface area contributed by atoms with Gasteiger partial charge in [-0.3, -0.25) is 0 Å². The standard InChI is InChI=1S/C33H32N4O4/c1-20-24(5-3-7-26(20)32-36-28-17-22(19-34-13-15-38)9-11-30(28)40-32)25-6-4-8-27(21(25)2)33-37-29-18-23(35-14-16-39)10-12-31(29)41-33/h3-12,17-18,34-35,38-39H,13-16,19H2,1-2H3. The van der Waals surface area contributed by atoms with E-state index < -0.39 is 0 Å². The molecule has 0 aliphatic rings. The van der Waals surface area contributed by atoms with Gasteiger partial charge in [-0.2, -0.15) is 0 Å². The van der Waals surface area contributed by atoms with Crippen molar-refractivity contribution < 1.29 is 19.0 Å². The van der Waals surface area contributed by atoms with Crippen LogP contribution in [0.15, 0.2) is 81.6 Å². The van der Waals surface area contributed by atoms with Crippen LogP contribution in [0.3, 0.4) is 0 Å². The topological polar surface area (TPSA) is 117 Å². The molecule has 0 unspecified atom stereocenters. The second-order valence-electron chi connectivity index (χ2n) is 10.0. The third-order valence-electron chi connectivity index (χ3n) is 7.32. The average Bonchev–Trinajstić information content (AvgIpc) is 3.60. The van der Waals surface area contributed by atoms with Gasteiger partial charge in [0.1, 0.15) is 11.0 Å².